The zero-order chi connectivity index (χ0) is 19.1. The highest BCUT2D eigenvalue weighted by molar-refractivity contribution is 5.87. The van der Waals surface area contributed by atoms with E-state index in [-0.39, 0.29) is 19.1 Å². The predicted molar refractivity (Wildman–Crippen MR) is 110 cm³/mol. The molecule has 0 bridgehead atoms. The molecule has 0 saturated heterocycles. The molecule has 0 aliphatic heterocycles. The van der Waals surface area contributed by atoms with Crippen LogP contribution in [0.15, 0.2) is 48.6 Å². The maximum atomic E-state index is 11.2. The molecular weight excluding hydrogens is 326 g/mol. The summed E-state index contributed by atoms with van der Waals surface area (Å²) in [5, 5.41) is 19.8. The Labute approximate surface area is 159 Å². The van der Waals surface area contributed by atoms with Crippen LogP contribution in [0.1, 0.15) is 64.2 Å². The monoisotopic (exact) mass is 363 g/mol. The lowest BCUT2D eigenvalue weighted by Crippen LogP contribution is -2.24. The average Bonchev–Trinajstić information content (AvgIpc) is 2.65. The second kappa shape index (κ2) is 21.4. The van der Waals surface area contributed by atoms with Gasteiger partial charge in [0.25, 0.3) is 0 Å². The van der Waals surface area contributed by atoms with Crippen molar-refractivity contribution in [2.75, 3.05) is 19.8 Å². The number of carbonyl (C=O) groups excluding carboxylic acids is 1. The molecule has 0 fully saturated rings. The number of nitrogens with one attached hydrogen (secondary N) is 1. The Balaban J connectivity index is 3.44. The molecule has 0 aromatic carbocycles. The van der Waals surface area contributed by atoms with Crippen LogP contribution in [0.5, 0.6) is 0 Å². The van der Waals surface area contributed by atoms with Crippen LogP contribution < -0.4 is 5.32 Å². The molecule has 0 rings (SSSR count). The van der Waals surface area contributed by atoms with Gasteiger partial charge in [-0.05, 0) is 19.3 Å². The highest BCUT2D eigenvalue weighted by atomic mass is 16.3. The zero-order valence-electron chi connectivity index (χ0n) is 16.1. The molecule has 4 nitrogen and oxygen atoms in total. The fourth-order valence-corrected chi connectivity index (χ4v) is 2.42. The van der Waals surface area contributed by atoms with Crippen molar-refractivity contribution in [2.24, 2.45) is 0 Å². The maximum absolute atomic E-state index is 11.2. The Bertz CT molecular complexity index is 425. The molecule has 0 aliphatic carbocycles. The Kier molecular flexibility index (Phi) is 20.0. The van der Waals surface area contributed by atoms with E-state index in [1.54, 1.807) is 12.2 Å². The second-order valence-electron chi connectivity index (χ2n) is 6.27. The van der Waals surface area contributed by atoms with Gasteiger partial charge in [-0.25, -0.2) is 0 Å². The van der Waals surface area contributed by atoms with Crippen LogP contribution in [0, 0.1) is 0 Å². The number of allylic oxidation sites excluding steroid dienone is 7. The molecule has 0 aromatic rings. The minimum atomic E-state index is -0.200. The summed E-state index contributed by atoms with van der Waals surface area (Å²) in [7, 11) is 0. The molecule has 0 radical (unpaired) electrons. The summed E-state index contributed by atoms with van der Waals surface area (Å²) in [6.45, 7) is 0.570. The fraction of sp³-hybridized carbons (Fsp3) is 0.591. The molecule has 0 aliphatic rings. The van der Waals surface area contributed by atoms with E-state index in [2.05, 4.69) is 17.5 Å². The van der Waals surface area contributed by atoms with E-state index in [0.29, 0.717) is 6.61 Å². The first-order valence-electron chi connectivity index (χ1n) is 9.97. The third kappa shape index (κ3) is 20.4. The first-order valence-corrected chi connectivity index (χ1v) is 9.97. The Morgan fingerprint density at radius 1 is 0.654 bits per heavy atom. The number of hydrogen-bond acceptors (Lipinski definition) is 3. The lowest BCUT2D eigenvalue weighted by atomic mass is 10.1. The predicted octanol–water partition coefficient (Wildman–Crippen LogP) is 4.21. The molecule has 3 N–H and O–H groups in total. The molecule has 1 amide bonds. The van der Waals surface area contributed by atoms with Crippen molar-refractivity contribution in [1.29, 1.82) is 0 Å². The second-order valence-corrected chi connectivity index (χ2v) is 6.27. The van der Waals surface area contributed by atoms with Crippen molar-refractivity contribution in [1.82, 2.24) is 5.32 Å². The minimum absolute atomic E-state index is 0.0450. The lowest BCUT2D eigenvalue weighted by molar-refractivity contribution is -0.116. The summed E-state index contributed by atoms with van der Waals surface area (Å²) >= 11 is 0. The summed E-state index contributed by atoms with van der Waals surface area (Å²) in [5.74, 6) is -0.200. The lowest BCUT2D eigenvalue weighted by Gasteiger charge is -2.00. The third-order valence-corrected chi connectivity index (χ3v) is 3.88. The van der Waals surface area contributed by atoms with Crippen LogP contribution in [0.25, 0.3) is 0 Å². The molecule has 4 heteroatoms. The van der Waals surface area contributed by atoms with E-state index in [0.717, 1.165) is 12.8 Å². The van der Waals surface area contributed by atoms with Crippen LogP contribution in [-0.4, -0.2) is 35.9 Å². The van der Waals surface area contributed by atoms with Gasteiger partial charge in [0.15, 0.2) is 0 Å². The van der Waals surface area contributed by atoms with E-state index in [1.165, 1.54) is 57.4 Å². The van der Waals surface area contributed by atoms with Crippen molar-refractivity contribution < 1.29 is 15.0 Å². The van der Waals surface area contributed by atoms with E-state index in [1.807, 2.05) is 18.2 Å². The number of carbonyl (C=O) groups is 1. The average molecular weight is 364 g/mol. The van der Waals surface area contributed by atoms with Gasteiger partial charge in [0.05, 0.1) is 6.61 Å². The van der Waals surface area contributed by atoms with Gasteiger partial charge in [-0.2, -0.15) is 0 Å². The van der Waals surface area contributed by atoms with Crippen LogP contribution in [0.4, 0.5) is 0 Å². The summed E-state index contributed by atoms with van der Waals surface area (Å²) < 4.78 is 0. The number of aliphatic hydroxyl groups is 2. The van der Waals surface area contributed by atoms with Crippen LogP contribution >= 0.6 is 0 Å². The zero-order valence-corrected chi connectivity index (χ0v) is 16.1. The molecular formula is C22H37NO3. The maximum Gasteiger partial charge on any atom is 0.244 e. The summed E-state index contributed by atoms with van der Waals surface area (Å²) in [5.41, 5.74) is 0. The number of aliphatic hydroxyl groups excluding tert-OH is 2. The number of amides is 1. The first kappa shape index (κ1) is 24.4. The molecule has 0 aromatic heterocycles. The number of hydrogen-bond donors (Lipinski definition) is 3. The summed E-state index contributed by atoms with van der Waals surface area (Å²) in [4.78, 5) is 11.2. The van der Waals surface area contributed by atoms with Gasteiger partial charge < -0.3 is 15.5 Å². The largest absolute Gasteiger partial charge is 0.396 e. The fourth-order valence-electron chi connectivity index (χ4n) is 2.42. The summed E-state index contributed by atoms with van der Waals surface area (Å²) in [6.07, 6.45) is 27.3. The summed E-state index contributed by atoms with van der Waals surface area (Å²) in [6, 6.07) is 0. The van der Waals surface area contributed by atoms with Gasteiger partial charge in [0.1, 0.15) is 0 Å². The van der Waals surface area contributed by atoms with E-state index >= 15 is 0 Å². The van der Waals surface area contributed by atoms with Gasteiger partial charge >= 0.3 is 0 Å². The van der Waals surface area contributed by atoms with Gasteiger partial charge in [0.2, 0.25) is 5.91 Å². The quantitative estimate of drug-likeness (QED) is 0.206. The molecule has 0 atom stereocenters. The van der Waals surface area contributed by atoms with Gasteiger partial charge in [-0.1, -0.05) is 87.5 Å². The topological polar surface area (TPSA) is 69.6 Å². The van der Waals surface area contributed by atoms with E-state index < -0.39 is 0 Å². The van der Waals surface area contributed by atoms with Crippen molar-refractivity contribution >= 4 is 5.91 Å². The Morgan fingerprint density at radius 2 is 1.19 bits per heavy atom. The van der Waals surface area contributed by atoms with Gasteiger partial charge in [-0.15, -0.1) is 0 Å². The number of unbranched alkanes of at least 4 members (excludes halogenated alkanes) is 9. The molecule has 148 valence electrons. The molecule has 0 saturated carbocycles. The normalized spacial score (nSPS) is 12.2. The van der Waals surface area contributed by atoms with Gasteiger partial charge in [0, 0.05) is 19.2 Å². The van der Waals surface area contributed by atoms with E-state index in [4.69, 9.17) is 10.2 Å². The van der Waals surface area contributed by atoms with Crippen molar-refractivity contribution in [3.05, 3.63) is 48.6 Å². The van der Waals surface area contributed by atoms with E-state index in [9.17, 15) is 4.79 Å². The van der Waals surface area contributed by atoms with Crippen molar-refractivity contribution in [3.63, 3.8) is 0 Å². The molecule has 26 heavy (non-hydrogen) atoms. The van der Waals surface area contributed by atoms with Crippen LogP contribution in [-0.2, 0) is 4.79 Å². The van der Waals surface area contributed by atoms with Crippen LogP contribution in [0.3, 0.4) is 0 Å². The SMILES string of the molecule is O=C(C=CC=CC=CC=CCCCCCCCCCCCO)NCCO. The van der Waals surface area contributed by atoms with Crippen molar-refractivity contribution in [2.45, 2.75) is 64.2 Å². The third-order valence-electron chi connectivity index (χ3n) is 3.88. The smallest absolute Gasteiger partial charge is 0.244 e. The Hall–Kier alpha value is -1.65. The Morgan fingerprint density at radius 3 is 1.81 bits per heavy atom. The molecule has 0 heterocycles. The van der Waals surface area contributed by atoms with Crippen LogP contribution in [0.2, 0.25) is 0 Å². The minimum Gasteiger partial charge on any atom is -0.396 e. The highest BCUT2D eigenvalue weighted by Gasteiger charge is 1.92. The number of rotatable bonds is 17. The van der Waals surface area contributed by atoms with Crippen molar-refractivity contribution in [3.8, 4) is 0 Å². The first-order chi connectivity index (χ1) is 12.8. The highest BCUT2D eigenvalue weighted by Crippen LogP contribution is 2.10. The molecule has 0 spiro atoms. The standard InChI is InChI=1S/C22H37NO3/c24-20-17-15-13-11-9-7-5-3-1-2-4-6-8-10-12-14-16-18-22(26)23-19-21-25/h4,6,8,10,12,14,16,18,24-25H,1-3,5,7,9,11,13,15,17,19-21H2,(H,23,26). The van der Waals surface area contributed by atoms with Gasteiger partial charge in [-0.3, -0.25) is 4.79 Å². The molecule has 0 unspecified atom stereocenters.